The van der Waals surface area contributed by atoms with Crippen LogP contribution in [0.5, 0.6) is 0 Å². The van der Waals surface area contributed by atoms with Crippen molar-refractivity contribution >= 4 is 13.7 Å². The molecule has 0 aromatic carbocycles. The summed E-state index contributed by atoms with van der Waals surface area (Å²) in [6.07, 6.45) is 83.8. The molecule has 0 aliphatic carbocycles. The Hall–Kier alpha value is -3.62. The Morgan fingerprint density at radius 3 is 1.19 bits per heavy atom. The number of phosphoric acid groups is 1. The van der Waals surface area contributed by atoms with E-state index in [2.05, 4.69) is 153 Å². The molecular formula is C65H110N2O6P+. The van der Waals surface area contributed by atoms with E-state index in [1.165, 1.54) is 70.6 Å². The van der Waals surface area contributed by atoms with E-state index in [0.717, 1.165) is 109 Å². The molecule has 0 aliphatic rings. The van der Waals surface area contributed by atoms with Crippen LogP contribution in [0.25, 0.3) is 0 Å². The van der Waals surface area contributed by atoms with Crippen molar-refractivity contribution in [2.75, 3.05) is 40.9 Å². The number of amides is 1. The van der Waals surface area contributed by atoms with Crippen molar-refractivity contribution in [1.29, 1.82) is 0 Å². The Kier molecular flexibility index (Phi) is 51.5. The topological polar surface area (TPSA) is 105 Å². The zero-order chi connectivity index (χ0) is 54.2. The molecule has 74 heavy (non-hydrogen) atoms. The predicted molar refractivity (Wildman–Crippen MR) is 322 cm³/mol. The molecule has 8 nitrogen and oxygen atoms in total. The Morgan fingerprint density at radius 2 is 0.811 bits per heavy atom. The summed E-state index contributed by atoms with van der Waals surface area (Å²) in [5, 5.41) is 13.9. The van der Waals surface area contributed by atoms with Crippen LogP contribution in [-0.4, -0.2) is 73.4 Å². The Bertz CT molecular complexity index is 1710. The number of likely N-dealkylation sites (N-methyl/N-ethyl adjacent to an activating group) is 1. The first-order chi connectivity index (χ1) is 36.0. The minimum atomic E-state index is -4.36. The highest BCUT2D eigenvalue weighted by molar-refractivity contribution is 7.47. The molecule has 0 heterocycles. The minimum Gasteiger partial charge on any atom is -0.387 e. The van der Waals surface area contributed by atoms with E-state index < -0.39 is 20.0 Å². The van der Waals surface area contributed by atoms with Crippen LogP contribution in [0.2, 0.25) is 0 Å². The average Bonchev–Trinajstić information content (AvgIpc) is 3.36. The van der Waals surface area contributed by atoms with Crippen LogP contribution in [0.1, 0.15) is 206 Å². The van der Waals surface area contributed by atoms with Crippen molar-refractivity contribution in [3.8, 4) is 0 Å². The molecule has 0 spiro atoms. The zero-order valence-electron chi connectivity index (χ0n) is 47.8. The zero-order valence-corrected chi connectivity index (χ0v) is 48.7. The van der Waals surface area contributed by atoms with Gasteiger partial charge in [-0.3, -0.25) is 13.8 Å². The number of nitrogens with one attached hydrogen (secondary N) is 1. The summed E-state index contributed by atoms with van der Waals surface area (Å²) in [5.41, 5.74) is 0. The molecular weight excluding hydrogens is 936 g/mol. The first-order valence-electron chi connectivity index (χ1n) is 29.2. The number of phosphoric ester groups is 1. The molecule has 0 saturated heterocycles. The van der Waals surface area contributed by atoms with Crippen LogP contribution < -0.4 is 5.32 Å². The standard InChI is InChI=1S/C65H109N2O6P/c1-6-8-10-12-14-16-18-20-22-23-24-25-26-27-28-29-30-31-32-33-34-35-36-37-38-39-40-41-42-43-45-47-49-51-53-55-57-59-65(69)66-63(62-73-74(70,71)72-61-60-67(3,4)5)64(68)58-56-54-52-50-48-46-44-21-19-17-15-13-11-9-7-2/h8,10,14,16,20,22,24-25,27-28,30-31,33-34,36-37,39-40,42-43,47,49,56,58,63-64,68H,6-7,9,11-13,15,17-19,21,23,26,29,32,35,38,41,44-46,48,50-55,57,59-62H2,1-5H3,(H-,66,69,70,71)/p+1/b10-8-,16-14-,22-20-,25-24-,28-27-,31-30-,34-33-,37-36-,40-39-,43-42-,49-47-,58-56+. The summed E-state index contributed by atoms with van der Waals surface area (Å²) < 4.78 is 23.6. The number of unbranched alkanes of at least 4 members (excludes halogenated alkanes) is 16. The summed E-state index contributed by atoms with van der Waals surface area (Å²) in [5.74, 6) is -0.215. The van der Waals surface area contributed by atoms with Gasteiger partial charge in [-0.1, -0.05) is 243 Å². The summed E-state index contributed by atoms with van der Waals surface area (Å²) in [6.45, 7) is 4.65. The maximum atomic E-state index is 13.0. The predicted octanol–water partition coefficient (Wildman–Crippen LogP) is 18.1. The third-order valence-electron chi connectivity index (χ3n) is 12.1. The van der Waals surface area contributed by atoms with Gasteiger partial charge in [0.1, 0.15) is 13.2 Å². The molecule has 9 heteroatoms. The van der Waals surface area contributed by atoms with Crippen molar-refractivity contribution < 1.29 is 32.9 Å². The van der Waals surface area contributed by atoms with Gasteiger partial charge < -0.3 is 19.8 Å². The van der Waals surface area contributed by atoms with Crippen LogP contribution in [0.4, 0.5) is 0 Å². The fourth-order valence-electron chi connectivity index (χ4n) is 7.52. The van der Waals surface area contributed by atoms with Crippen LogP contribution in [0.3, 0.4) is 0 Å². The van der Waals surface area contributed by atoms with Gasteiger partial charge in [-0.15, -0.1) is 0 Å². The van der Waals surface area contributed by atoms with Crippen LogP contribution in [0.15, 0.2) is 146 Å². The van der Waals surface area contributed by atoms with E-state index in [9.17, 15) is 19.4 Å². The highest BCUT2D eigenvalue weighted by atomic mass is 31.2. The van der Waals surface area contributed by atoms with Gasteiger partial charge in [-0.25, -0.2) is 4.57 Å². The number of aliphatic hydroxyl groups excluding tert-OH is 1. The molecule has 0 rings (SSSR count). The van der Waals surface area contributed by atoms with Crippen LogP contribution in [-0.2, 0) is 18.4 Å². The molecule has 0 aromatic rings. The lowest BCUT2D eigenvalue weighted by Crippen LogP contribution is -2.45. The molecule has 0 radical (unpaired) electrons. The maximum Gasteiger partial charge on any atom is 0.472 e. The second kappa shape index (κ2) is 54.2. The molecule has 3 unspecified atom stereocenters. The molecule has 3 N–H and O–H groups in total. The lowest BCUT2D eigenvalue weighted by Gasteiger charge is -2.25. The lowest BCUT2D eigenvalue weighted by molar-refractivity contribution is -0.870. The quantitative estimate of drug-likeness (QED) is 0.0243. The van der Waals surface area contributed by atoms with E-state index in [1.807, 2.05) is 27.2 Å². The average molecular weight is 1050 g/mol. The van der Waals surface area contributed by atoms with Gasteiger partial charge in [0.25, 0.3) is 0 Å². The van der Waals surface area contributed by atoms with E-state index in [0.29, 0.717) is 23.9 Å². The highest BCUT2D eigenvalue weighted by Crippen LogP contribution is 2.43. The molecule has 0 aromatic heterocycles. The van der Waals surface area contributed by atoms with E-state index in [-0.39, 0.29) is 19.1 Å². The Morgan fingerprint density at radius 1 is 0.473 bits per heavy atom. The van der Waals surface area contributed by atoms with Gasteiger partial charge in [0.15, 0.2) is 0 Å². The van der Waals surface area contributed by atoms with Gasteiger partial charge in [0.05, 0.1) is 39.9 Å². The number of allylic oxidation sites excluding steroid dienone is 23. The van der Waals surface area contributed by atoms with Gasteiger partial charge >= 0.3 is 7.82 Å². The summed E-state index contributed by atoms with van der Waals surface area (Å²) >= 11 is 0. The van der Waals surface area contributed by atoms with Crippen molar-refractivity contribution in [3.05, 3.63) is 146 Å². The number of nitrogens with zero attached hydrogens (tertiary/aromatic N) is 1. The fraction of sp³-hybridized carbons (Fsp3) is 0.615. The van der Waals surface area contributed by atoms with E-state index >= 15 is 0 Å². The normalized spacial score (nSPS) is 15.0. The molecule has 0 fully saturated rings. The van der Waals surface area contributed by atoms with Crippen LogP contribution in [0, 0.1) is 0 Å². The molecule has 0 bridgehead atoms. The summed E-state index contributed by atoms with van der Waals surface area (Å²) in [6, 6.07) is -0.875. The second-order valence-corrected chi connectivity index (χ2v) is 21.7. The number of carbonyl (C=O) groups is 1. The Balaban J connectivity index is 4.28. The van der Waals surface area contributed by atoms with Crippen molar-refractivity contribution in [3.63, 3.8) is 0 Å². The number of quaternary nitrogens is 1. The highest BCUT2D eigenvalue weighted by Gasteiger charge is 2.27. The number of carbonyl (C=O) groups excluding carboxylic acids is 1. The van der Waals surface area contributed by atoms with E-state index in [1.54, 1.807) is 6.08 Å². The van der Waals surface area contributed by atoms with Gasteiger partial charge in [-0.2, -0.15) is 0 Å². The third kappa shape index (κ3) is 56.1. The van der Waals surface area contributed by atoms with E-state index in [4.69, 9.17) is 9.05 Å². The van der Waals surface area contributed by atoms with Crippen LogP contribution >= 0.6 is 7.82 Å². The van der Waals surface area contributed by atoms with Crippen molar-refractivity contribution in [1.82, 2.24) is 5.32 Å². The second-order valence-electron chi connectivity index (χ2n) is 20.3. The largest absolute Gasteiger partial charge is 0.472 e. The third-order valence-corrected chi connectivity index (χ3v) is 13.0. The minimum absolute atomic E-state index is 0.0468. The summed E-state index contributed by atoms with van der Waals surface area (Å²) in [4.78, 5) is 23.3. The fourth-order valence-corrected chi connectivity index (χ4v) is 8.25. The molecule has 0 saturated carbocycles. The molecule has 3 atom stereocenters. The van der Waals surface area contributed by atoms with Crippen molar-refractivity contribution in [2.45, 2.75) is 219 Å². The summed E-state index contributed by atoms with van der Waals surface area (Å²) in [7, 11) is 1.53. The number of rotatable bonds is 51. The SMILES string of the molecule is CC/C=C\C/C=C\C/C=C\C/C=C\C/C=C\C/C=C\C/C=C\C/C=C\C/C=C\C/C=C\C/C=C\CCCCCC(=O)NC(COP(=O)(O)OCC[N+](C)(C)C)C(O)/C=C/CCCCCCCCCCCCCCC. The Labute approximate surface area is 455 Å². The van der Waals surface area contributed by atoms with Gasteiger partial charge in [0, 0.05) is 6.42 Å². The number of hydrogen-bond acceptors (Lipinski definition) is 5. The molecule has 1 amide bonds. The molecule has 0 aliphatic heterocycles. The van der Waals surface area contributed by atoms with Crippen molar-refractivity contribution in [2.24, 2.45) is 0 Å². The monoisotopic (exact) mass is 1050 g/mol. The van der Waals surface area contributed by atoms with Gasteiger partial charge in [0.2, 0.25) is 5.91 Å². The number of hydrogen-bond donors (Lipinski definition) is 3. The first-order valence-corrected chi connectivity index (χ1v) is 30.7. The molecule has 420 valence electrons. The smallest absolute Gasteiger partial charge is 0.387 e. The lowest BCUT2D eigenvalue weighted by atomic mass is 10.0. The number of aliphatic hydroxyl groups is 1. The first kappa shape index (κ1) is 70.4. The van der Waals surface area contributed by atoms with Gasteiger partial charge in [-0.05, 0) is 103 Å². The maximum absolute atomic E-state index is 13.0.